The van der Waals surface area contributed by atoms with Crippen LogP contribution in [0.5, 0.6) is 0 Å². The van der Waals surface area contributed by atoms with Gasteiger partial charge in [-0.15, -0.1) is 0 Å². The molecule has 32 heavy (non-hydrogen) atoms. The quantitative estimate of drug-likeness (QED) is 0.529. The largest absolute Gasteiger partial charge is 0.405 e. The first-order chi connectivity index (χ1) is 15.1. The SMILES string of the molecule is Cc1ccn(C(CC2CC2)C(=O)N[C@H](C#N)C[C@@H]2CCNC2=O)c(=O)c1NCC(F)(F)F. The molecule has 3 atom stereocenters. The molecule has 174 valence electrons. The molecule has 11 heteroatoms. The first kappa shape index (κ1) is 23.6. The summed E-state index contributed by atoms with van der Waals surface area (Å²) in [5, 5.41) is 16.9. The van der Waals surface area contributed by atoms with Crippen LogP contribution < -0.4 is 21.5 Å². The second kappa shape index (κ2) is 9.63. The number of pyridine rings is 1. The molecule has 1 unspecified atom stereocenters. The van der Waals surface area contributed by atoms with E-state index in [0.717, 1.165) is 17.4 Å². The number of hydrogen-bond acceptors (Lipinski definition) is 5. The van der Waals surface area contributed by atoms with Gasteiger partial charge in [0.15, 0.2) is 0 Å². The monoisotopic (exact) mass is 453 g/mol. The topological polar surface area (TPSA) is 116 Å². The van der Waals surface area contributed by atoms with Crippen LogP contribution in [-0.2, 0) is 9.59 Å². The molecule has 0 spiro atoms. The molecule has 0 aromatic carbocycles. The van der Waals surface area contributed by atoms with Crippen molar-refractivity contribution >= 4 is 17.5 Å². The van der Waals surface area contributed by atoms with Crippen LogP contribution in [0.15, 0.2) is 17.1 Å². The number of nitrogens with zero attached hydrogens (tertiary/aromatic N) is 2. The summed E-state index contributed by atoms with van der Waals surface area (Å²) in [5.74, 6) is -0.868. The molecule has 3 N–H and O–H groups in total. The fourth-order valence-electron chi connectivity index (χ4n) is 3.87. The zero-order valence-electron chi connectivity index (χ0n) is 17.7. The Morgan fingerprint density at radius 3 is 2.59 bits per heavy atom. The second-order valence-electron chi connectivity index (χ2n) is 8.45. The molecule has 1 aromatic heterocycles. The Labute approximate surface area is 183 Å². The van der Waals surface area contributed by atoms with E-state index in [2.05, 4.69) is 16.0 Å². The Balaban J connectivity index is 1.81. The normalized spacial score (nSPS) is 20.2. The molecule has 0 radical (unpaired) electrons. The molecule has 3 rings (SSSR count). The van der Waals surface area contributed by atoms with Gasteiger partial charge in [-0.25, -0.2) is 0 Å². The van der Waals surface area contributed by atoms with E-state index in [9.17, 15) is 32.8 Å². The van der Waals surface area contributed by atoms with Crippen molar-refractivity contribution < 1.29 is 22.8 Å². The lowest BCUT2D eigenvalue weighted by Crippen LogP contribution is -2.43. The highest BCUT2D eigenvalue weighted by Crippen LogP contribution is 2.37. The number of aryl methyl sites for hydroxylation is 1. The third-order valence-electron chi connectivity index (χ3n) is 5.84. The van der Waals surface area contributed by atoms with E-state index >= 15 is 0 Å². The van der Waals surface area contributed by atoms with Crippen LogP contribution in [0.3, 0.4) is 0 Å². The number of carbonyl (C=O) groups is 2. The predicted molar refractivity (Wildman–Crippen MR) is 110 cm³/mol. The van der Waals surface area contributed by atoms with Gasteiger partial charge < -0.3 is 20.5 Å². The molecule has 2 heterocycles. The van der Waals surface area contributed by atoms with Crippen LogP contribution in [0.25, 0.3) is 0 Å². The Kier molecular flexibility index (Phi) is 7.11. The molecule has 0 bridgehead atoms. The lowest BCUT2D eigenvalue weighted by molar-refractivity contribution is -0.126. The maximum atomic E-state index is 13.1. The highest BCUT2D eigenvalue weighted by atomic mass is 19.4. The summed E-state index contributed by atoms with van der Waals surface area (Å²) < 4.78 is 39.1. The van der Waals surface area contributed by atoms with Gasteiger partial charge in [0.1, 0.15) is 24.3 Å². The zero-order chi connectivity index (χ0) is 23.5. The maximum Gasteiger partial charge on any atom is 0.405 e. The van der Waals surface area contributed by atoms with Gasteiger partial charge in [0.2, 0.25) is 11.8 Å². The number of halogens is 3. The van der Waals surface area contributed by atoms with Crippen molar-refractivity contribution in [3.05, 3.63) is 28.2 Å². The molecular formula is C21H26F3N5O3. The van der Waals surface area contributed by atoms with Crippen LogP contribution in [0.1, 0.15) is 43.7 Å². The first-order valence-corrected chi connectivity index (χ1v) is 10.6. The number of amides is 2. The van der Waals surface area contributed by atoms with Gasteiger partial charge in [0.05, 0.1) is 6.07 Å². The van der Waals surface area contributed by atoms with Crippen molar-refractivity contribution in [1.29, 1.82) is 5.26 Å². The van der Waals surface area contributed by atoms with E-state index in [1.165, 1.54) is 19.2 Å². The maximum absolute atomic E-state index is 13.1. The standard InChI is InChI=1S/C21H26F3N5O3/c1-12-5-7-29(20(32)17(12)27-11-21(22,23)24)16(8-13-2-3-13)19(31)28-15(10-25)9-14-4-6-26-18(14)30/h5,7,13-16,27H,2-4,6,8-9,11H2,1H3,(H,26,30)(H,28,31)/t14-,15-,16?/m0/s1. The Hall–Kier alpha value is -3.03. The zero-order valence-corrected chi connectivity index (χ0v) is 17.7. The molecule has 1 saturated heterocycles. The van der Waals surface area contributed by atoms with Crippen LogP contribution in [0, 0.1) is 30.1 Å². The minimum Gasteiger partial charge on any atom is -0.372 e. The predicted octanol–water partition coefficient (Wildman–Crippen LogP) is 2.01. The van der Waals surface area contributed by atoms with Crippen molar-refractivity contribution in [1.82, 2.24) is 15.2 Å². The van der Waals surface area contributed by atoms with E-state index in [1.807, 2.05) is 6.07 Å². The number of anilines is 1. The van der Waals surface area contributed by atoms with Gasteiger partial charge in [0, 0.05) is 18.7 Å². The summed E-state index contributed by atoms with van der Waals surface area (Å²) in [4.78, 5) is 37.8. The van der Waals surface area contributed by atoms with Crippen molar-refractivity contribution in [2.45, 2.75) is 57.3 Å². The summed E-state index contributed by atoms with van der Waals surface area (Å²) in [7, 11) is 0. The lowest BCUT2D eigenvalue weighted by Gasteiger charge is -2.23. The van der Waals surface area contributed by atoms with Gasteiger partial charge in [-0.05, 0) is 43.7 Å². The third-order valence-corrected chi connectivity index (χ3v) is 5.84. The summed E-state index contributed by atoms with van der Waals surface area (Å²) in [6.07, 6.45) is -0.238. The Bertz CT molecular complexity index is 965. The summed E-state index contributed by atoms with van der Waals surface area (Å²) >= 11 is 0. The molecule has 1 aromatic rings. The summed E-state index contributed by atoms with van der Waals surface area (Å²) in [6.45, 7) is 0.664. The third kappa shape index (κ3) is 6.02. The van der Waals surface area contributed by atoms with Gasteiger partial charge in [-0.2, -0.15) is 18.4 Å². The van der Waals surface area contributed by atoms with Crippen LogP contribution in [0.4, 0.5) is 18.9 Å². The average Bonchev–Trinajstić information content (AvgIpc) is 3.45. The number of nitriles is 1. The molecule has 1 aliphatic carbocycles. The number of hydrogen-bond donors (Lipinski definition) is 3. The lowest BCUT2D eigenvalue weighted by atomic mass is 9.98. The molecule has 8 nitrogen and oxygen atoms in total. The van der Waals surface area contributed by atoms with E-state index in [-0.39, 0.29) is 29.9 Å². The Morgan fingerprint density at radius 2 is 2.03 bits per heavy atom. The summed E-state index contributed by atoms with van der Waals surface area (Å²) in [6, 6.07) is 1.60. The molecule has 2 aliphatic rings. The fourth-order valence-corrected chi connectivity index (χ4v) is 3.87. The minimum absolute atomic E-state index is 0.158. The van der Waals surface area contributed by atoms with Crippen LogP contribution in [0.2, 0.25) is 0 Å². The average molecular weight is 453 g/mol. The molecule has 2 amide bonds. The van der Waals surface area contributed by atoms with Crippen LogP contribution in [-0.4, -0.2) is 41.7 Å². The van der Waals surface area contributed by atoms with Crippen molar-refractivity contribution in [3.8, 4) is 6.07 Å². The van der Waals surface area contributed by atoms with E-state index in [4.69, 9.17) is 0 Å². The van der Waals surface area contributed by atoms with Gasteiger partial charge in [-0.1, -0.05) is 12.8 Å². The van der Waals surface area contributed by atoms with E-state index < -0.39 is 36.3 Å². The molecule has 1 aliphatic heterocycles. The van der Waals surface area contributed by atoms with E-state index in [0.29, 0.717) is 24.9 Å². The molecular weight excluding hydrogens is 427 g/mol. The van der Waals surface area contributed by atoms with Gasteiger partial charge in [-0.3, -0.25) is 14.4 Å². The smallest absolute Gasteiger partial charge is 0.372 e. The Morgan fingerprint density at radius 1 is 1.31 bits per heavy atom. The van der Waals surface area contributed by atoms with Crippen molar-refractivity contribution in [2.24, 2.45) is 11.8 Å². The fraction of sp³-hybridized carbons (Fsp3) is 0.619. The van der Waals surface area contributed by atoms with Crippen molar-refractivity contribution in [3.63, 3.8) is 0 Å². The first-order valence-electron chi connectivity index (χ1n) is 10.6. The molecule has 2 fully saturated rings. The highest BCUT2D eigenvalue weighted by molar-refractivity contribution is 5.82. The number of rotatable bonds is 9. The highest BCUT2D eigenvalue weighted by Gasteiger charge is 2.34. The van der Waals surface area contributed by atoms with Gasteiger partial charge >= 0.3 is 6.18 Å². The van der Waals surface area contributed by atoms with E-state index in [1.54, 1.807) is 0 Å². The van der Waals surface area contributed by atoms with Crippen molar-refractivity contribution in [2.75, 3.05) is 18.4 Å². The van der Waals surface area contributed by atoms with Crippen LogP contribution >= 0.6 is 0 Å². The minimum atomic E-state index is -4.50. The number of carbonyl (C=O) groups excluding carboxylic acids is 2. The second-order valence-corrected chi connectivity index (χ2v) is 8.45. The van der Waals surface area contributed by atoms with Gasteiger partial charge in [0.25, 0.3) is 5.56 Å². The number of alkyl halides is 3. The number of aromatic nitrogens is 1. The summed E-state index contributed by atoms with van der Waals surface area (Å²) in [5.41, 5.74) is -0.597. The molecule has 1 saturated carbocycles. The number of nitrogens with one attached hydrogen (secondary N) is 3.